The Morgan fingerprint density at radius 1 is 1.21 bits per heavy atom. The molecule has 0 spiro atoms. The molecule has 2 nitrogen and oxygen atoms in total. The minimum Gasteiger partial charge on any atom is -0.437 e. The maximum Gasteiger partial charge on any atom is 0.311 e. The minimum absolute atomic E-state index is 0.436. The van der Waals surface area contributed by atoms with Crippen molar-refractivity contribution in [3.8, 4) is 0 Å². The first kappa shape index (κ1) is 14.9. The van der Waals surface area contributed by atoms with Crippen LogP contribution >= 0.6 is 22.7 Å². The van der Waals surface area contributed by atoms with Crippen LogP contribution in [0, 0.1) is 0 Å². The Hall–Kier alpha value is 0.891. The van der Waals surface area contributed by atoms with Gasteiger partial charge in [0, 0.05) is 4.66 Å². The third-order valence-electron chi connectivity index (χ3n) is 1.19. The van der Waals surface area contributed by atoms with E-state index in [2.05, 4.69) is 26.2 Å². The van der Waals surface area contributed by atoms with Crippen molar-refractivity contribution in [3.63, 3.8) is 0 Å². The predicted molar refractivity (Wildman–Crippen MR) is 71.0 cm³/mol. The van der Waals surface area contributed by atoms with Gasteiger partial charge in [-0.05, 0) is 32.7 Å². The van der Waals surface area contributed by atoms with Gasteiger partial charge in [0.15, 0.2) is 8.32 Å². The summed E-state index contributed by atoms with van der Waals surface area (Å²) in [6.07, 6.45) is 0. The van der Waals surface area contributed by atoms with Crippen molar-refractivity contribution in [1.29, 1.82) is 0 Å². The Kier molecular flexibility index (Phi) is 5.63. The van der Waals surface area contributed by atoms with E-state index in [9.17, 15) is 0 Å². The van der Waals surface area contributed by atoms with Crippen molar-refractivity contribution in [2.75, 3.05) is 0 Å². The van der Waals surface area contributed by atoms with Crippen molar-refractivity contribution >= 4 is 47.9 Å². The number of rotatable bonds is 5. The SMILES string of the molecule is C=C(Cl)[SiH](Cl)O[Si](C)(C)O[Si](C)(C)C. The Morgan fingerprint density at radius 3 is 1.93 bits per heavy atom. The van der Waals surface area contributed by atoms with Crippen LogP contribution in [0.1, 0.15) is 0 Å². The van der Waals surface area contributed by atoms with E-state index >= 15 is 0 Å². The van der Waals surface area contributed by atoms with Crippen LogP contribution in [-0.2, 0) is 8.23 Å². The first-order chi connectivity index (χ1) is 6.03. The molecule has 0 rings (SSSR count). The summed E-state index contributed by atoms with van der Waals surface area (Å²) >= 11 is 11.7. The van der Waals surface area contributed by atoms with Crippen molar-refractivity contribution in [1.82, 2.24) is 0 Å². The fraction of sp³-hybridized carbons (Fsp3) is 0.714. The number of hydrogen-bond donors (Lipinski definition) is 0. The van der Waals surface area contributed by atoms with Crippen molar-refractivity contribution in [2.24, 2.45) is 0 Å². The summed E-state index contributed by atoms with van der Waals surface area (Å²) in [7, 11) is -5.67. The molecule has 0 saturated heterocycles. The van der Waals surface area contributed by atoms with Crippen LogP contribution in [0.25, 0.3) is 0 Å². The molecule has 84 valence electrons. The lowest BCUT2D eigenvalue weighted by molar-refractivity contribution is 0.410. The maximum atomic E-state index is 5.98. The van der Waals surface area contributed by atoms with E-state index in [0.29, 0.717) is 4.66 Å². The lowest BCUT2D eigenvalue weighted by Gasteiger charge is -2.32. The first-order valence-corrected chi connectivity index (χ1v) is 13.8. The van der Waals surface area contributed by atoms with Crippen molar-refractivity contribution in [2.45, 2.75) is 32.7 Å². The monoisotopic (exact) mass is 288 g/mol. The molecule has 0 amide bonds. The maximum absolute atomic E-state index is 5.98. The summed E-state index contributed by atoms with van der Waals surface area (Å²) in [5.74, 6) is 0. The lowest BCUT2D eigenvalue weighted by Crippen LogP contribution is -2.47. The molecule has 0 radical (unpaired) electrons. The smallest absolute Gasteiger partial charge is 0.311 e. The van der Waals surface area contributed by atoms with Crippen LogP contribution < -0.4 is 0 Å². The summed E-state index contributed by atoms with van der Waals surface area (Å²) in [5, 5.41) is 0. The summed E-state index contributed by atoms with van der Waals surface area (Å²) < 4.78 is 12.1. The molecule has 0 aliphatic heterocycles. The van der Waals surface area contributed by atoms with E-state index in [4.69, 9.17) is 30.9 Å². The van der Waals surface area contributed by atoms with E-state index in [0.717, 1.165) is 0 Å². The second-order valence-electron chi connectivity index (χ2n) is 4.50. The van der Waals surface area contributed by atoms with Crippen LogP contribution in [0.3, 0.4) is 0 Å². The van der Waals surface area contributed by atoms with Gasteiger partial charge in [-0.15, -0.1) is 11.1 Å². The fourth-order valence-corrected chi connectivity index (χ4v) is 12.4. The quantitative estimate of drug-likeness (QED) is 0.571. The molecule has 0 N–H and O–H groups in total. The molecule has 0 bridgehead atoms. The molecule has 14 heavy (non-hydrogen) atoms. The van der Waals surface area contributed by atoms with E-state index in [-0.39, 0.29) is 0 Å². The molecule has 1 atom stereocenters. The van der Waals surface area contributed by atoms with Crippen molar-refractivity contribution < 1.29 is 8.23 Å². The highest BCUT2D eigenvalue weighted by Gasteiger charge is 2.34. The van der Waals surface area contributed by atoms with E-state index < -0.39 is 25.2 Å². The second kappa shape index (κ2) is 5.29. The van der Waals surface area contributed by atoms with E-state index in [1.165, 1.54) is 0 Å². The predicted octanol–water partition coefficient (Wildman–Crippen LogP) is 3.31. The standard InChI is InChI=1S/C7H18Cl2O2Si3/c1-7(8)12(9)10-14(5,6)11-13(2,3)4/h12H,1H2,2-6H3. The van der Waals surface area contributed by atoms with Gasteiger partial charge < -0.3 is 8.23 Å². The van der Waals surface area contributed by atoms with Gasteiger partial charge in [-0.3, -0.25) is 0 Å². The van der Waals surface area contributed by atoms with Crippen molar-refractivity contribution in [3.05, 3.63) is 11.2 Å². The second-order valence-corrected chi connectivity index (χ2v) is 16.6. The first-order valence-electron chi connectivity index (χ1n) is 4.40. The molecule has 0 fully saturated rings. The highest BCUT2D eigenvalue weighted by atomic mass is 35.6. The average molecular weight is 289 g/mol. The van der Waals surface area contributed by atoms with Gasteiger partial charge in [0.05, 0.1) is 0 Å². The molecule has 0 aliphatic rings. The molecule has 0 aromatic heterocycles. The number of hydrogen-bond acceptors (Lipinski definition) is 2. The molecule has 0 aliphatic carbocycles. The van der Waals surface area contributed by atoms with Gasteiger partial charge in [-0.1, -0.05) is 18.2 Å². The molecule has 0 heterocycles. The summed E-state index contributed by atoms with van der Waals surface area (Å²) in [4.78, 5) is 0. The van der Waals surface area contributed by atoms with Crippen LogP contribution in [0.5, 0.6) is 0 Å². The summed E-state index contributed by atoms with van der Waals surface area (Å²) in [5.41, 5.74) is 0. The Labute approximate surface area is 100 Å². The molecule has 7 heteroatoms. The van der Waals surface area contributed by atoms with Crippen LogP contribution in [-0.4, -0.2) is 25.2 Å². The van der Waals surface area contributed by atoms with Crippen LogP contribution in [0.4, 0.5) is 0 Å². The summed E-state index contributed by atoms with van der Waals surface area (Å²) in [6, 6.07) is 0. The molecule has 1 unspecified atom stereocenters. The van der Waals surface area contributed by atoms with Gasteiger partial charge in [0.2, 0.25) is 0 Å². The fourth-order valence-electron chi connectivity index (χ4n) is 1.07. The third kappa shape index (κ3) is 7.22. The van der Waals surface area contributed by atoms with Crippen LogP contribution in [0.2, 0.25) is 32.7 Å². The zero-order valence-corrected chi connectivity index (χ0v) is 14.0. The highest BCUT2D eigenvalue weighted by Crippen LogP contribution is 2.20. The largest absolute Gasteiger partial charge is 0.437 e. The third-order valence-corrected chi connectivity index (χ3v) is 11.7. The normalized spacial score (nSPS) is 15.4. The molecule has 0 aromatic carbocycles. The van der Waals surface area contributed by atoms with Crippen LogP contribution in [0.15, 0.2) is 11.2 Å². The zero-order valence-electron chi connectivity index (χ0n) is 9.36. The number of halogens is 2. The Morgan fingerprint density at radius 2 is 1.64 bits per heavy atom. The highest BCUT2D eigenvalue weighted by molar-refractivity contribution is 7.13. The summed E-state index contributed by atoms with van der Waals surface area (Å²) in [6.45, 7) is 14.0. The molecular formula is C7H18Cl2O2Si3. The molecule has 0 aromatic rings. The minimum atomic E-state index is -2.12. The zero-order chi connectivity index (χ0) is 11.6. The van der Waals surface area contributed by atoms with E-state index in [1.54, 1.807) is 0 Å². The lowest BCUT2D eigenvalue weighted by atomic mass is 11.3. The van der Waals surface area contributed by atoms with Gasteiger partial charge >= 0.3 is 16.9 Å². The van der Waals surface area contributed by atoms with E-state index in [1.807, 2.05) is 13.1 Å². The molecular weight excluding hydrogens is 271 g/mol. The van der Waals surface area contributed by atoms with Gasteiger partial charge in [-0.25, -0.2) is 0 Å². The van der Waals surface area contributed by atoms with Gasteiger partial charge in [-0.2, -0.15) is 0 Å². The Balaban J connectivity index is 4.27. The topological polar surface area (TPSA) is 18.5 Å². The van der Waals surface area contributed by atoms with Gasteiger partial charge in [0.1, 0.15) is 0 Å². The Bertz CT molecular complexity index is 215. The van der Waals surface area contributed by atoms with Gasteiger partial charge in [0.25, 0.3) is 0 Å². The average Bonchev–Trinajstić information content (AvgIpc) is 1.78. The molecule has 0 saturated carbocycles.